The number of aliphatic hydroxyl groups is 4. The summed E-state index contributed by atoms with van der Waals surface area (Å²) in [4.78, 5) is 25.4. The Morgan fingerprint density at radius 2 is 1.80 bits per heavy atom. The minimum atomic E-state index is -1.52. The van der Waals surface area contributed by atoms with E-state index in [9.17, 15) is 30.0 Å². The van der Waals surface area contributed by atoms with Crippen molar-refractivity contribution in [3.63, 3.8) is 0 Å². The van der Waals surface area contributed by atoms with Gasteiger partial charge in [0.15, 0.2) is 17.9 Å². The lowest BCUT2D eigenvalue weighted by Crippen LogP contribution is -2.59. The summed E-state index contributed by atoms with van der Waals surface area (Å²) >= 11 is 0. The minimum Gasteiger partial charge on any atom is -0.394 e. The smallest absolute Gasteiger partial charge is 0.187 e. The summed E-state index contributed by atoms with van der Waals surface area (Å²) in [5, 5.41) is 39.5. The summed E-state index contributed by atoms with van der Waals surface area (Å²) in [6, 6.07) is 0. The molecule has 3 saturated carbocycles. The standard InChI is InChI=1S/C27H40O8/c1-26-9-7-15(29)11-14(26)3-4-16-17-5-6-19(27(17,2)10-8-18(16)26)20(30)13-34-25-24(33)23(32)22(31)21(12-28)35-25/h11,16-19,21-25,28,31-33H,3-10,12-13H2,1-2H3/t16-,17-,18-,19+,21+,22+,23-,24+,25+,26-,27+/m1/s1. The van der Waals surface area contributed by atoms with Gasteiger partial charge in [0, 0.05) is 12.3 Å². The third-order valence-corrected chi connectivity index (χ3v) is 10.6. The average Bonchev–Trinajstić information content (AvgIpc) is 3.20. The molecule has 1 heterocycles. The highest BCUT2D eigenvalue weighted by Crippen LogP contribution is 2.66. The topological polar surface area (TPSA) is 134 Å². The Bertz CT molecular complexity index is 884. The molecule has 0 bridgehead atoms. The van der Waals surface area contributed by atoms with Crippen LogP contribution in [0.4, 0.5) is 0 Å². The molecule has 196 valence electrons. The molecule has 0 unspecified atom stereocenters. The van der Waals surface area contributed by atoms with Gasteiger partial charge in [0.05, 0.1) is 6.61 Å². The number of allylic oxidation sites excluding steroid dienone is 1. The highest BCUT2D eigenvalue weighted by Gasteiger charge is 2.60. The minimum absolute atomic E-state index is 0.0173. The van der Waals surface area contributed by atoms with Crippen molar-refractivity contribution in [3.05, 3.63) is 11.6 Å². The zero-order valence-electron chi connectivity index (χ0n) is 20.8. The Morgan fingerprint density at radius 1 is 1.03 bits per heavy atom. The number of ether oxygens (including phenoxy) is 2. The van der Waals surface area contributed by atoms with Crippen molar-refractivity contribution in [2.24, 2.45) is 34.5 Å². The van der Waals surface area contributed by atoms with Crippen molar-refractivity contribution in [1.82, 2.24) is 0 Å². The third-order valence-electron chi connectivity index (χ3n) is 10.6. The summed E-state index contributed by atoms with van der Waals surface area (Å²) in [6.07, 6.45) is 2.63. The molecule has 8 heteroatoms. The Morgan fingerprint density at radius 3 is 2.54 bits per heavy atom. The highest BCUT2D eigenvalue weighted by molar-refractivity contribution is 5.91. The molecule has 11 atom stereocenters. The maximum atomic E-state index is 13.4. The number of aliphatic hydroxyl groups excluding tert-OH is 4. The Labute approximate surface area is 206 Å². The van der Waals surface area contributed by atoms with E-state index in [2.05, 4.69) is 13.8 Å². The fraction of sp³-hybridized carbons (Fsp3) is 0.852. The molecule has 0 radical (unpaired) electrons. The molecule has 4 N–H and O–H groups in total. The number of fused-ring (bicyclic) bond motifs is 5. The SMILES string of the molecule is C[C@]12CC[C@@H]3[C@H](CCC4=CC(=O)CC[C@]43C)[C@H]1CC[C@H]2C(=O)CO[C@H]1O[C@@H](CO)[C@H](O)[C@@H](O)[C@@H]1O. The zero-order valence-corrected chi connectivity index (χ0v) is 20.8. The normalized spacial score (nSPS) is 49.6. The summed E-state index contributed by atoms with van der Waals surface area (Å²) in [6.45, 7) is 3.84. The fourth-order valence-corrected chi connectivity index (χ4v) is 8.56. The highest BCUT2D eigenvalue weighted by atomic mass is 16.7. The van der Waals surface area contributed by atoms with Crippen LogP contribution >= 0.6 is 0 Å². The number of hydrogen-bond acceptors (Lipinski definition) is 8. The first-order chi connectivity index (χ1) is 16.6. The second-order valence-electron chi connectivity index (χ2n) is 12.1. The fourth-order valence-electron chi connectivity index (χ4n) is 8.56. The van der Waals surface area contributed by atoms with Crippen LogP contribution in [0.5, 0.6) is 0 Å². The van der Waals surface area contributed by atoms with Gasteiger partial charge in [-0.1, -0.05) is 19.4 Å². The molecule has 1 saturated heterocycles. The van der Waals surface area contributed by atoms with Crippen LogP contribution in [0.3, 0.4) is 0 Å². The first-order valence-corrected chi connectivity index (χ1v) is 13.3. The Kier molecular flexibility index (Phi) is 6.77. The van der Waals surface area contributed by atoms with Gasteiger partial charge in [0.1, 0.15) is 31.0 Å². The molecule has 0 spiro atoms. The number of Topliss-reactive ketones (excluding diaryl/α,β-unsaturated/α-hetero) is 1. The molecule has 0 amide bonds. The molecule has 0 aromatic rings. The van der Waals surface area contributed by atoms with Gasteiger partial charge >= 0.3 is 0 Å². The molecule has 8 nitrogen and oxygen atoms in total. The maximum Gasteiger partial charge on any atom is 0.187 e. The van der Waals surface area contributed by atoms with Gasteiger partial charge in [-0.15, -0.1) is 0 Å². The van der Waals surface area contributed by atoms with Crippen LogP contribution in [-0.2, 0) is 19.1 Å². The van der Waals surface area contributed by atoms with E-state index >= 15 is 0 Å². The lowest BCUT2D eigenvalue weighted by atomic mass is 9.46. The van der Waals surface area contributed by atoms with Gasteiger partial charge in [-0.25, -0.2) is 0 Å². The number of carbonyl (C=O) groups excluding carboxylic acids is 2. The lowest BCUT2D eigenvalue weighted by molar-refractivity contribution is -0.299. The van der Waals surface area contributed by atoms with Crippen molar-refractivity contribution in [1.29, 1.82) is 0 Å². The predicted octanol–water partition coefficient (Wildman–Crippen LogP) is 1.52. The van der Waals surface area contributed by atoms with E-state index in [1.165, 1.54) is 5.57 Å². The Balaban J connectivity index is 1.26. The van der Waals surface area contributed by atoms with Crippen molar-refractivity contribution in [2.75, 3.05) is 13.2 Å². The lowest BCUT2D eigenvalue weighted by Gasteiger charge is -2.58. The van der Waals surface area contributed by atoms with Crippen molar-refractivity contribution in [3.8, 4) is 0 Å². The van der Waals surface area contributed by atoms with Crippen LogP contribution in [0, 0.1) is 34.5 Å². The second-order valence-corrected chi connectivity index (χ2v) is 12.1. The molecule has 0 aromatic carbocycles. The number of hydrogen-bond donors (Lipinski definition) is 4. The molecule has 5 aliphatic rings. The maximum absolute atomic E-state index is 13.4. The van der Waals surface area contributed by atoms with Crippen LogP contribution in [0.1, 0.15) is 65.2 Å². The summed E-state index contributed by atoms with van der Waals surface area (Å²) < 4.78 is 11.0. The van der Waals surface area contributed by atoms with Gasteiger partial charge in [0.25, 0.3) is 0 Å². The van der Waals surface area contributed by atoms with Crippen LogP contribution < -0.4 is 0 Å². The molecule has 4 aliphatic carbocycles. The molecule has 5 rings (SSSR count). The quantitative estimate of drug-likeness (QED) is 0.454. The number of carbonyl (C=O) groups is 2. The van der Waals surface area contributed by atoms with E-state index in [1.54, 1.807) is 0 Å². The van der Waals surface area contributed by atoms with E-state index in [0.717, 1.165) is 44.9 Å². The first kappa shape index (κ1) is 25.5. The van der Waals surface area contributed by atoms with E-state index in [0.29, 0.717) is 24.2 Å². The van der Waals surface area contributed by atoms with E-state index in [-0.39, 0.29) is 34.9 Å². The molecule has 35 heavy (non-hydrogen) atoms. The average molecular weight is 493 g/mol. The van der Waals surface area contributed by atoms with Gasteiger partial charge < -0.3 is 29.9 Å². The van der Waals surface area contributed by atoms with Crippen LogP contribution in [0.2, 0.25) is 0 Å². The summed E-state index contributed by atoms with van der Waals surface area (Å²) in [5.41, 5.74) is 1.35. The van der Waals surface area contributed by atoms with E-state index in [1.807, 2.05) is 6.08 Å². The van der Waals surface area contributed by atoms with Crippen LogP contribution in [0.15, 0.2) is 11.6 Å². The Hall–Kier alpha value is -1.16. The molecule has 0 aromatic heterocycles. The van der Waals surface area contributed by atoms with E-state index < -0.39 is 37.3 Å². The van der Waals surface area contributed by atoms with Gasteiger partial charge in [0.2, 0.25) is 0 Å². The molecule has 1 aliphatic heterocycles. The third kappa shape index (κ3) is 4.05. The van der Waals surface area contributed by atoms with E-state index in [4.69, 9.17) is 9.47 Å². The van der Waals surface area contributed by atoms with Crippen molar-refractivity contribution in [2.45, 2.75) is 95.9 Å². The predicted molar refractivity (Wildman–Crippen MR) is 125 cm³/mol. The zero-order chi connectivity index (χ0) is 25.1. The summed E-state index contributed by atoms with van der Waals surface area (Å²) in [7, 11) is 0. The largest absolute Gasteiger partial charge is 0.394 e. The van der Waals surface area contributed by atoms with Gasteiger partial charge in [-0.05, 0) is 79.6 Å². The number of ketones is 2. The van der Waals surface area contributed by atoms with Crippen LogP contribution in [-0.4, -0.2) is 75.9 Å². The molecule has 4 fully saturated rings. The van der Waals surface area contributed by atoms with Gasteiger partial charge in [-0.2, -0.15) is 0 Å². The first-order valence-electron chi connectivity index (χ1n) is 13.3. The van der Waals surface area contributed by atoms with Crippen LogP contribution in [0.25, 0.3) is 0 Å². The molecular weight excluding hydrogens is 452 g/mol. The monoisotopic (exact) mass is 492 g/mol. The van der Waals surface area contributed by atoms with Gasteiger partial charge in [-0.3, -0.25) is 9.59 Å². The second kappa shape index (κ2) is 9.30. The number of rotatable bonds is 5. The summed E-state index contributed by atoms with van der Waals surface area (Å²) in [5.74, 6) is 1.72. The van der Waals surface area contributed by atoms with Crippen molar-refractivity contribution >= 4 is 11.6 Å². The molecular formula is C27H40O8. The van der Waals surface area contributed by atoms with Crippen molar-refractivity contribution < 1.29 is 39.5 Å².